The summed E-state index contributed by atoms with van der Waals surface area (Å²) in [5.41, 5.74) is 3.41. The molecule has 1 aliphatic heterocycles. The predicted molar refractivity (Wildman–Crippen MR) is 149 cm³/mol. The van der Waals surface area contributed by atoms with Crippen LogP contribution < -0.4 is 10.1 Å². The fraction of sp³-hybridized carbons (Fsp3) is 0.300. The number of methoxy groups -OCH3 is 1. The summed E-state index contributed by atoms with van der Waals surface area (Å²) in [7, 11) is 1.61. The molecule has 3 aromatic carbocycles. The molecule has 39 heavy (non-hydrogen) atoms. The van der Waals surface area contributed by atoms with Gasteiger partial charge in [0.15, 0.2) is 0 Å². The number of amides is 1. The second-order valence-corrected chi connectivity index (χ2v) is 10.5. The molecule has 1 saturated heterocycles. The van der Waals surface area contributed by atoms with Gasteiger partial charge in [0.1, 0.15) is 17.5 Å². The Morgan fingerprint density at radius 2 is 1.69 bits per heavy atom. The quantitative estimate of drug-likeness (QED) is 0.319. The van der Waals surface area contributed by atoms with Crippen LogP contribution in [0.2, 0.25) is 0 Å². The molecule has 0 unspecified atom stereocenters. The zero-order chi connectivity index (χ0) is 27.6. The predicted octanol–water partition coefficient (Wildman–Crippen LogP) is 5.50. The highest BCUT2D eigenvalue weighted by Gasteiger charge is 2.40. The van der Waals surface area contributed by atoms with Gasteiger partial charge < -0.3 is 29.4 Å². The van der Waals surface area contributed by atoms with Gasteiger partial charge in [-0.2, -0.15) is 0 Å². The van der Waals surface area contributed by atoms with E-state index in [9.17, 15) is 9.59 Å². The number of nitrogens with one attached hydrogen (secondary N) is 2. The Bertz CT molecular complexity index is 1460. The first kappa shape index (κ1) is 26.1. The number of esters is 1. The van der Waals surface area contributed by atoms with E-state index in [2.05, 4.69) is 15.3 Å². The molecule has 0 bridgehead atoms. The number of fused-ring (bicyclic) bond motifs is 1. The third-order valence-electron chi connectivity index (χ3n) is 6.42. The lowest BCUT2D eigenvalue weighted by Gasteiger charge is -2.24. The normalized spacial score (nSPS) is 17.2. The van der Waals surface area contributed by atoms with Crippen LogP contribution in [0.25, 0.3) is 22.2 Å². The van der Waals surface area contributed by atoms with E-state index in [1.54, 1.807) is 24.1 Å². The molecular formula is C30H32N4O5. The van der Waals surface area contributed by atoms with Crippen molar-refractivity contribution in [3.63, 3.8) is 0 Å². The summed E-state index contributed by atoms with van der Waals surface area (Å²) in [4.78, 5) is 35.4. The third kappa shape index (κ3) is 6.14. The number of aromatic nitrogens is 2. The van der Waals surface area contributed by atoms with Crippen LogP contribution in [0.1, 0.15) is 31.1 Å². The molecule has 0 aliphatic carbocycles. The van der Waals surface area contributed by atoms with E-state index in [-0.39, 0.29) is 13.1 Å². The molecule has 5 rings (SSSR count). The maximum absolute atomic E-state index is 13.1. The van der Waals surface area contributed by atoms with Crippen molar-refractivity contribution in [3.05, 3.63) is 78.4 Å². The molecular weight excluding hydrogens is 496 g/mol. The van der Waals surface area contributed by atoms with Crippen molar-refractivity contribution in [3.8, 4) is 16.9 Å². The highest BCUT2D eigenvalue weighted by molar-refractivity contribution is 5.90. The Balaban J connectivity index is 1.33. The molecule has 1 aromatic heterocycles. The van der Waals surface area contributed by atoms with Gasteiger partial charge in [0.05, 0.1) is 36.3 Å². The smallest absolute Gasteiger partial charge is 0.410 e. The van der Waals surface area contributed by atoms with Crippen molar-refractivity contribution in [1.29, 1.82) is 0 Å². The van der Waals surface area contributed by atoms with Gasteiger partial charge >= 0.3 is 12.1 Å². The Hall–Kier alpha value is -4.53. The van der Waals surface area contributed by atoms with Crippen molar-refractivity contribution in [2.75, 3.05) is 25.5 Å². The number of anilines is 1. The number of carbonyl (C=O) groups excluding carboxylic acids is 2. The number of likely N-dealkylation sites (tertiary alicyclic amines) is 1. The van der Waals surface area contributed by atoms with Crippen molar-refractivity contribution in [2.45, 2.75) is 38.5 Å². The standard InChI is InChI=1S/C30H32N4O5/c1-30(2,3)39-29(36)34-17-25(33-28-31-23-15-14-22(37-4)16-24(23)32-28)26(18-34)38-27(35)21-12-10-20(11-13-21)19-8-6-5-7-9-19/h5-16,25-26H,17-18H2,1-4H3,(H2,31,32,33)/t25-,26-/m0/s1. The number of hydrogen-bond acceptors (Lipinski definition) is 7. The summed E-state index contributed by atoms with van der Waals surface area (Å²) in [5, 5.41) is 3.32. The summed E-state index contributed by atoms with van der Waals surface area (Å²) in [6.07, 6.45) is -1.09. The number of aromatic amines is 1. The minimum absolute atomic E-state index is 0.189. The van der Waals surface area contributed by atoms with Gasteiger partial charge in [-0.25, -0.2) is 14.6 Å². The molecule has 2 heterocycles. The minimum Gasteiger partial charge on any atom is -0.497 e. The third-order valence-corrected chi connectivity index (χ3v) is 6.42. The molecule has 1 aliphatic rings. The molecule has 0 spiro atoms. The monoisotopic (exact) mass is 528 g/mol. The van der Waals surface area contributed by atoms with Crippen molar-refractivity contribution >= 4 is 29.0 Å². The molecule has 2 N–H and O–H groups in total. The molecule has 9 nitrogen and oxygen atoms in total. The molecule has 1 amide bonds. The summed E-state index contributed by atoms with van der Waals surface area (Å²) in [5.74, 6) is 0.745. The number of carbonyl (C=O) groups is 2. The first-order chi connectivity index (χ1) is 18.7. The zero-order valence-corrected chi connectivity index (χ0v) is 22.4. The van der Waals surface area contributed by atoms with Gasteiger partial charge in [0.2, 0.25) is 5.95 Å². The van der Waals surface area contributed by atoms with Crippen molar-refractivity contribution < 1.29 is 23.8 Å². The fourth-order valence-electron chi connectivity index (χ4n) is 4.50. The Morgan fingerprint density at radius 3 is 2.38 bits per heavy atom. The largest absolute Gasteiger partial charge is 0.497 e. The Morgan fingerprint density at radius 1 is 0.974 bits per heavy atom. The van der Waals surface area contributed by atoms with Gasteiger partial charge in [0.25, 0.3) is 0 Å². The second kappa shape index (κ2) is 10.7. The van der Waals surface area contributed by atoms with Crippen LogP contribution >= 0.6 is 0 Å². The first-order valence-corrected chi connectivity index (χ1v) is 12.8. The van der Waals surface area contributed by atoms with Crippen LogP contribution in [0, 0.1) is 0 Å². The zero-order valence-electron chi connectivity index (χ0n) is 22.4. The van der Waals surface area contributed by atoms with Crippen molar-refractivity contribution in [2.24, 2.45) is 0 Å². The molecule has 2 atom stereocenters. The summed E-state index contributed by atoms with van der Waals surface area (Å²) in [6.45, 7) is 5.91. The van der Waals surface area contributed by atoms with E-state index >= 15 is 0 Å². The van der Waals surface area contributed by atoms with Crippen LogP contribution in [0.5, 0.6) is 5.75 Å². The number of hydrogen-bond donors (Lipinski definition) is 2. The van der Waals surface area contributed by atoms with E-state index in [0.717, 1.165) is 22.2 Å². The molecule has 4 aromatic rings. The number of rotatable bonds is 6. The van der Waals surface area contributed by atoms with E-state index in [0.29, 0.717) is 17.3 Å². The number of nitrogens with zero attached hydrogens (tertiary/aromatic N) is 2. The Labute approximate surface area is 227 Å². The van der Waals surface area contributed by atoms with Gasteiger partial charge in [-0.15, -0.1) is 0 Å². The van der Waals surface area contributed by atoms with Crippen LogP contribution in [0.15, 0.2) is 72.8 Å². The summed E-state index contributed by atoms with van der Waals surface area (Å²) >= 11 is 0. The minimum atomic E-state index is -0.646. The maximum atomic E-state index is 13.1. The molecule has 202 valence electrons. The molecule has 1 fully saturated rings. The first-order valence-electron chi connectivity index (χ1n) is 12.8. The molecule has 0 saturated carbocycles. The number of imidazole rings is 1. The SMILES string of the molecule is COc1ccc2nc(N[C@H]3CN(C(=O)OC(C)(C)C)C[C@@H]3OC(=O)c3ccc(-c4ccccc4)cc3)[nH]c2c1. The van der Waals surface area contributed by atoms with E-state index in [1.807, 2.05) is 81.4 Å². The Kier molecular flexibility index (Phi) is 7.15. The fourth-order valence-corrected chi connectivity index (χ4v) is 4.50. The topological polar surface area (TPSA) is 106 Å². The maximum Gasteiger partial charge on any atom is 0.410 e. The van der Waals surface area contributed by atoms with E-state index in [1.165, 1.54) is 0 Å². The molecule has 0 radical (unpaired) electrons. The van der Waals surface area contributed by atoms with Gasteiger partial charge in [-0.3, -0.25) is 0 Å². The average Bonchev–Trinajstić information content (AvgIpc) is 3.51. The van der Waals surface area contributed by atoms with Crippen LogP contribution in [0.4, 0.5) is 10.7 Å². The van der Waals surface area contributed by atoms with E-state index < -0.39 is 29.8 Å². The average molecular weight is 529 g/mol. The lowest BCUT2D eigenvalue weighted by molar-refractivity contribution is 0.0187. The lowest BCUT2D eigenvalue weighted by Crippen LogP contribution is -2.36. The highest BCUT2D eigenvalue weighted by atomic mass is 16.6. The van der Waals surface area contributed by atoms with E-state index in [4.69, 9.17) is 14.2 Å². The molecule has 9 heteroatoms. The van der Waals surface area contributed by atoms with Crippen molar-refractivity contribution in [1.82, 2.24) is 14.9 Å². The summed E-state index contributed by atoms with van der Waals surface area (Å²) in [6, 6.07) is 22.4. The van der Waals surface area contributed by atoms with Crippen LogP contribution in [-0.2, 0) is 9.47 Å². The van der Waals surface area contributed by atoms with Gasteiger partial charge in [-0.05, 0) is 56.2 Å². The van der Waals surface area contributed by atoms with Gasteiger partial charge in [-0.1, -0.05) is 42.5 Å². The van der Waals surface area contributed by atoms with Crippen LogP contribution in [-0.4, -0.2) is 64.9 Å². The highest BCUT2D eigenvalue weighted by Crippen LogP contribution is 2.25. The lowest BCUT2D eigenvalue weighted by atomic mass is 10.0. The summed E-state index contributed by atoms with van der Waals surface area (Å²) < 4.78 is 16.8. The number of benzene rings is 3. The second-order valence-electron chi connectivity index (χ2n) is 10.5. The van der Waals surface area contributed by atoms with Crippen LogP contribution in [0.3, 0.4) is 0 Å². The number of ether oxygens (including phenoxy) is 3. The van der Waals surface area contributed by atoms with Gasteiger partial charge in [0, 0.05) is 12.6 Å². The number of H-pyrrole nitrogens is 1.